The number of carbonyl (C=O) groups excluding carboxylic acids is 1. The third-order valence-corrected chi connectivity index (χ3v) is 2.90. The maximum absolute atomic E-state index is 11.3. The van der Waals surface area contributed by atoms with Gasteiger partial charge in [-0.05, 0) is 31.0 Å². The zero-order valence-corrected chi connectivity index (χ0v) is 10.6. The maximum Gasteiger partial charge on any atom is 0.236 e. The standard InChI is InChI=1S/C12H17ClN2O/c1-8-4-5-10(6-11(8)13)7-15-9(2)12(16)14-3/h4-6,9,15H,7H2,1-3H3,(H,14,16). The summed E-state index contributed by atoms with van der Waals surface area (Å²) in [5, 5.41) is 6.48. The molecule has 0 radical (unpaired) electrons. The van der Waals surface area contributed by atoms with Crippen LogP contribution in [0.3, 0.4) is 0 Å². The van der Waals surface area contributed by atoms with Crippen molar-refractivity contribution in [2.24, 2.45) is 0 Å². The van der Waals surface area contributed by atoms with Crippen molar-refractivity contribution in [3.8, 4) is 0 Å². The Kier molecular flexibility index (Phi) is 4.77. The van der Waals surface area contributed by atoms with Crippen LogP contribution in [0.5, 0.6) is 0 Å². The molecule has 1 unspecified atom stereocenters. The Morgan fingerprint density at radius 3 is 2.75 bits per heavy atom. The molecule has 3 nitrogen and oxygen atoms in total. The fourth-order valence-corrected chi connectivity index (χ4v) is 1.53. The molecule has 0 fully saturated rings. The first-order valence-corrected chi connectivity index (χ1v) is 5.62. The second-order valence-electron chi connectivity index (χ2n) is 3.80. The Bertz CT molecular complexity index is 379. The third-order valence-electron chi connectivity index (χ3n) is 2.49. The zero-order valence-electron chi connectivity index (χ0n) is 9.80. The van der Waals surface area contributed by atoms with Crippen molar-refractivity contribution < 1.29 is 4.79 Å². The molecule has 1 atom stereocenters. The number of nitrogens with one attached hydrogen (secondary N) is 2. The van der Waals surface area contributed by atoms with Crippen molar-refractivity contribution in [2.45, 2.75) is 26.4 Å². The summed E-state index contributed by atoms with van der Waals surface area (Å²) in [6, 6.07) is 5.69. The molecule has 1 aromatic carbocycles. The lowest BCUT2D eigenvalue weighted by Crippen LogP contribution is -2.40. The van der Waals surface area contributed by atoms with E-state index < -0.39 is 0 Å². The van der Waals surface area contributed by atoms with E-state index in [1.54, 1.807) is 7.05 Å². The van der Waals surface area contributed by atoms with Crippen LogP contribution in [0.1, 0.15) is 18.1 Å². The first-order chi connectivity index (χ1) is 7.54. The zero-order chi connectivity index (χ0) is 12.1. The van der Waals surface area contributed by atoms with Crippen LogP contribution in [0.25, 0.3) is 0 Å². The molecule has 2 N–H and O–H groups in total. The molecule has 0 bridgehead atoms. The van der Waals surface area contributed by atoms with E-state index in [0.29, 0.717) is 6.54 Å². The van der Waals surface area contributed by atoms with E-state index in [4.69, 9.17) is 11.6 Å². The van der Waals surface area contributed by atoms with Gasteiger partial charge in [-0.25, -0.2) is 0 Å². The van der Waals surface area contributed by atoms with Crippen LogP contribution >= 0.6 is 11.6 Å². The fourth-order valence-electron chi connectivity index (χ4n) is 1.33. The van der Waals surface area contributed by atoms with Crippen LogP contribution in [0.4, 0.5) is 0 Å². The van der Waals surface area contributed by atoms with Gasteiger partial charge in [0.05, 0.1) is 6.04 Å². The number of aryl methyl sites for hydroxylation is 1. The minimum absolute atomic E-state index is 0.0155. The summed E-state index contributed by atoms with van der Waals surface area (Å²) in [6.07, 6.45) is 0. The SMILES string of the molecule is CNC(=O)C(C)NCc1ccc(C)c(Cl)c1. The quantitative estimate of drug-likeness (QED) is 0.844. The molecule has 0 spiro atoms. The summed E-state index contributed by atoms with van der Waals surface area (Å²) in [5.41, 5.74) is 2.14. The van der Waals surface area contributed by atoms with Gasteiger partial charge in [-0.2, -0.15) is 0 Å². The van der Waals surface area contributed by atoms with E-state index in [2.05, 4.69) is 10.6 Å². The number of hydrogen-bond donors (Lipinski definition) is 2. The molecule has 88 valence electrons. The van der Waals surface area contributed by atoms with Crippen molar-refractivity contribution in [2.75, 3.05) is 7.05 Å². The second-order valence-corrected chi connectivity index (χ2v) is 4.21. The molecule has 0 saturated carbocycles. The largest absolute Gasteiger partial charge is 0.358 e. The average Bonchev–Trinajstić information content (AvgIpc) is 2.29. The minimum atomic E-state index is -0.204. The Morgan fingerprint density at radius 1 is 1.50 bits per heavy atom. The highest BCUT2D eigenvalue weighted by Gasteiger charge is 2.09. The molecule has 4 heteroatoms. The molecule has 16 heavy (non-hydrogen) atoms. The van der Waals surface area contributed by atoms with Gasteiger partial charge in [0, 0.05) is 18.6 Å². The Hall–Kier alpha value is -1.06. The number of benzene rings is 1. The number of hydrogen-bond acceptors (Lipinski definition) is 2. The van der Waals surface area contributed by atoms with Crippen LogP contribution < -0.4 is 10.6 Å². The fraction of sp³-hybridized carbons (Fsp3) is 0.417. The summed E-state index contributed by atoms with van der Waals surface area (Å²) >= 11 is 6.01. The Morgan fingerprint density at radius 2 is 2.19 bits per heavy atom. The van der Waals surface area contributed by atoms with Crippen LogP contribution in [-0.4, -0.2) is 19.0 Å². The highest BCUT2D eigenvalue weighted by molar-refractivity contribution is 6.31. The van der Waals surface area contributed by atoms with E-state index in [1.165, 1.54) is 0 Å². The highest BCUT2D eigenvalue weighted by atomic mass is 35.5. The Labute approximate surface area is 101 Å². The number of amides is 1. The van der Waals surface area contributed by atoms with Gasteiger partial charge in [-0.15, -0.1) is 0 Å². The van der Waals surface area contributed by atoms with E-state index >= 15 is 0 Å². The molecule has 0 heterocycles. The lowest BCUT2D eigenvalue weighted by molar-refractivity contribution is -0.122. The van der Waals surface area contributed by atoms with E-state index in [-0.39, 0.29) is 11.9 Å². The van der Waals surface area contributed by atoms with Crippen molar-refractivity contribution in [3.63, 3.8) is 0 Å². The van der Waals surface area contributed by atoms with Crippen molar-refractivity contribution in [3.05, 3.63) is 34.3 Å². The number of halogens is 1. The predicted molar refractivity (Wildman–Crippen MR) is 66.6 cm³/mol. The maximum atomic E-state index is 11.3. The lowest BCUT2D eigenvalue weighted by Gasteiger charge is -2.12. The molecule has 0 aromatic heterocycles. The number of carbonyl (C=O) groups is 1. The van der Waals surface area contributed by atoms with Crippen molar-refractivity contribution in [1.29, 1.82) is 0 Å². The van der Waals surface area contributed by atoms with Crippen LogP contribution in [0, 0.1) is 6.92 Å². The van der Waals surface area contributed by atoms with Gasteiger partial charge in [-0.3, -0.25) is 4.79 Å². The molecular formula is C12H17ClN2O. The monoisotopic (exact) mass is 240 g/mol. The number of likely N-dealkylation sites (N-methyl/N-ethyl adjacent to an activating group) is 1. The highest BCUT2D eigenvalue weighted by Crippen LogP contribution is 2.16. The van der Waals surface area contributed by atoms with E-state index in [9.17, 15) is 4.79 Å². The van der Waals surface area contributed by atoms with Crippen molar-refractivity contribution in [1.82, 2.24) is 10.6 Å². The molecule has 1 rings (SSSR count). The summed E-state index contributed by atoms with van der Waals surface area (Å²) in [4.78, 5) is 11.3. The summed E-state index contributed by atoms with van der Waals surface area (Å²) in [5.74, 6) is -0.0155. The van der Waals surface area contributed by atoms with Crippen LogP contribution in [-0.2, 0) is 11.3 Å². The van der Waals surface area contributed by atoms with Gasteiger partial charge in [0.25, 0.3) is 0 Å². The normalized spacial score (nSPS) is 12.2. The van der Waals surface area contributed by atoms with Gasteiger partial charge >= 0.3 is 0 Å². The smallest absolute Gasteiger partial charge is 0.236 e. The minimum Gasteiger partial charge on any atom is -0.358 e. The average molecular weight is 241 g/mol. The van der Waals surface area contributed by atoms with Crippen LogP contribution in [0.15, 0.2) is 18.2 Å². The second kappa shape index (κ2) is 5.87. The van der Waals surface area contributed by atoms with Gasteiger partial charge in [0.1, 0.15) is 0 Å². The van der Waals surface area contributed by atoms with Crippen molar-refractivity contribution >= 4 is 17.5 Å². The molecule has 1 amide bonds. The summed E-state index contributed by atoms with van der Waals surface area (Å²) in [7, 11) is 1.63. The predicted octanol–water partition coefficient (Wildman–Crippen LogP) is 1.87. The summed E-state index contributed by atoms with van der Waals surface area (Å²) in [6.45, 7) is 4.43. The molecule has 0 saturated heterocycles. The molecule has 1 aromatic rings. The molecular weight excluding hydrogens is 224 g/mol. The van der Waals surface area contributed by atoms with E-state index in [0.717, 1.165) is 16.1 Å². The summed E-state index contributed by atoms with van der Waals surface area (Å²) < 4.78 is 0. The first kappa shape index (κ1) is 13.0. The van der Waals surface area contributed by atoms with Gasteiger partial charge in [0.15, 0.2) is 0 Å². The van der Waals surface area contributed by atoms with Crippen LogP contribution in [0.2, 0.25) is 5.02 Å². The molecule has 0 aliphatic heterocycles. The van der Waals surface area contributed by atoms with Gasteiger partial charge < -0.3 is 10.6 Å². The topological polar surface area (TPSA) is 41.1 Å². The molecule has 0 aliphatic carbocycles. The van der Waals surface area contributed by atoms with Gasteiger partial charge in [0.2, 0.25) is 5.91 Å². The first-order valence-electron chi connectivity index (χ1n) is 5.24. The van der Waals surface area contributed by atoms with Gasteiger partial charge in [-0.1, -0.05) is 23.7 Å². The third kappa shape index (κ3) is 3.51. The molecule has 0 aliphatic rings. The number of rotatable bonds is 4. The Balaban J connectivity index is 2.55. The lowest BCUT2D eigenvalue weighted by atomic mass is 10.1. The van der Waals surface area contributed by atoms with E-state index in [1.807, 2.05) is 32.0 Å².